The van der Waals surface area contributed by atoms with Crippen LogP contribution in [0.5, 0.6) is 0 Å². The molecule has 0 unspecified atom stereocenters. The highest BCUT2D eigenvalue weighted by Gasteiger charge is 2.21. The van der Waals surface area contributed by atoms with Gasteiger partial charge in [0.25, 0.3) is 0 Å². The molecule has 0 atom stereocenters. The van der Waals surface area contributed by atoms with E-state index in [4.69, 9.17) is 4.42 Å². The van der Waals surface area contributed by atoms with Crippen LogP contribution in [0.25, 0.3) is 93.9 Å². The van der Waals surface area contributed by atoms with Crippen LogP contribution in [-0.2, 0) is 0 Å². The second-order valence-corrected chi connectivity index (χ2v) is 16.1. The molecule has 0 saturated carbocycles. The van der Waals surface area contributed by atoms with Gasteiger partial charge in [-0.2, -0.15) is 0 Å². The van der Waals surface area contributed by atoms with Crippen molar-refractivity contribution in [2.75, 3.05) is 4.90 Å². The molecule has 3 heteroatoms. The molecule has 63 heavy (non-hydrogen) atoms. The van der Waals surface area contributed by atoms with Crippen LogP contribution in [0.2, 0.25) is 0 Å². The Hall–Kier alpha value is -8.40. The Morgan fingerprint density at radius 2 is 0.841 bits per heavy atom. The smallest absolute Gasteiger partial charge is 0.143 e. The van der Waals surface area contributed by atoms with Gasteiger partial charge in [-0.25, -0.2) is 0 Å². The number of furan rings is 1. The third-order valence-corrected chi connectivity index (χ3v) is 12.4. The van der Waals surface area contributed by atoms with E-state index in [0.717, 1.165) is 66.8 Å². The Bertz CT molecular complexity index is 3560. The summed E-state index contributed by atoms with van der Waals surface area (Å²) in [7, 11) is 0. The predicted octanol–water partition coefficient (Wildman–Crippen LogP) is 16.8. The Morgan fingerprint density at radius 3 is 1.60 bits per heavy atom. The van der Waals surface area contributed by atoms with Crippen molar-refractivity contribution in [2.24, 2.45) is 0 Å². The Morgan fingerprint density at radius 1 is 0.317 bits per heavy atom. The van der Waals surface area contributed by atoms with Crippen LogP contribution >= 0.6 is 0 Å². The molecule has 12 aromatic rings. The molecule has 296 valence electrons. The van der Waals surface area contributed by atoms with Gasteiger partial charge >= 0.3 is 0 Å². The summed E-state index contributed by atoms with van der Waals surface area (Å²) in [6.45, 7) is 0. The first-order chi connectivity index (χ1) is 31.3. The van der Waals surface area contributed by atoms with Gasteiger partial charge in [-0.15, -0.1) is 0 Å². The Balaban J connectivity index is 0.942. The lowest BCUT2D eigenvalue weighted by molar-refractivity contribution is 0.670. The minimum atomic E-state index is 0.889. The van der Waals surface area contributed by atoms with Crippen molar-refractivity contribution in [3.8, 4) is 50.2 Å². The maximum Gasteiger partial charge on any atom is 0.143 e. The van der Waals surface area contributed by atoms with Crippen molar-refractivity contribution >= 4 is 60.8 Å². The molecule has 2 aromatic heterocycles. The fraction of sp³-hybridized carbons (Fsp3) is 0. The lowest BCUT2D eigenvalue weighted by Crippen LogP contribution is -2.11. The summed E-state index contributed by atoms with van der Waals surface area (Å²) in [4.78, 5) is 2.38. The van der Waals surface area contributed by atoms with Crippen LogP contribution in [0.15, 0.2) is 247 Å². The van der Waals surface area contributed by atoms with Crippen LogP contribution in [0.3, 0.4) is 0 Å². The fourth-order valence-corrected chi connectivity index (χ4v) is 9.48. The highest BCUT2D eigenvalue weighted by Crippen LogP contribution is 2.45. The first-order valence-corrected chi connectivity index (χ1v) is 21.5. The van der Waals surface area contributed by atoms with Crippen molar-refractivity contribution in [1.82, 2.24) is 4.57 Å². The molecule has 0 radical (unpaired) electrons. The number of fused-ring (bicyclic) bond motifs is 6. The van der Waals surface area contributed by atoms with Gasteiger partial charge in [0.15, 0.2) is 0 Å². The molecule has 0 aliphatic rings. The van der Waals surface area contributed by atoms with Crippen LogP contribution in [0.4, 0.5) is 17.1 Å². The van der Waals surface area contributed by atoms with Gasteiger partial charge in [-0.05, 0) is 82.4 Å². The van der Waals surface area contributed by atoms with Gasteiger partial charge in [-0.3, -0.25) is 0 Å². The van der Waals surface area contributed by atoms with E-state index < -0.39 is 0 Å². The lowest BCUT2D eigenvalue weighted by Gasteiger charge is -2.28. The number of rotatable bonds is 8. The van der Waals surface area contributed by atoms with Crippen LogP contribution < -0.4 is 4.90 Å². The second-order valence-electron chi connectivity index (χ2n) is 16.1. The highest BCUT2D eigenvalue weighted by atomic mass is 16.3. The van der Waals surface area contributed by atoms with E-state index in [1.54, 1.807) is 0 Å². The molecule has 0 bridgehead atoms. The molecule has 0 aliphatic heterocycles. The molecular weight excluding hydrogens is 765 g/mol. The van der Waals surface area contributed by atoms with Crippen molar-refractivity contribution in [3.05, 3.63) is 243 Å². The van der Waals surface area contributed by atoms with E-state index in [2.05, 4.69) is 240 Å². The third-order valence-electron chi connectivity index (χ3n) is 12.4. The molecule has 0 aliphatic carbocycles. The quantitative estimate of drug-likeness (QED) is 0.153. The fourth-order valence-electron chi connectivity index (χ4n) is 9.48. The number of anilines is 3. The van der Waals surface area contributed by atoms with Gasteiger partial charge in [0.2, 0.25) is 0 Å². The normalized spacial score (nSPS) is 11.5. The van der Waals surface area contributed by atoms with Gasteiger partial charge in [-0.1, -0.05) is 188 Å². The molecule has 0 spiro atoms. The largest absolute Gasteiger partial charge is 0.455 e. The molecule has 0 amide bonds. The Labute approximate surface area is 366 Å². The first kappa shape index (κ1) is 36.5. The molecule has 12 rings (SSSR count). The van der Waals surface area contributed by atoms with Crippen molar-refractivity contribution in [3.63, 3.8) is 0 Å². The first-order valence-electron chi connectivity index (χ1n) is 21.5. The summed E-state index contributed by atoms with van der Waals surface area (Å²) in [6, 6.07) is 87.0. The summed E-state index contributed by atoms with van der Waals surface area (Å²) >= 11 is 0. The molecule has 0 saturated heterocycles. The van der Waals surface area contributed by atoms with Gasteiger partial charge in [0, 0.05) is 49.6 Å². The zero-order valence-electron chi connectivity index (χ0n) is 34.4. The maximum absolute atomic E-state index is 6.60. The molecular formula is C60H40N2O. The minimum absolute atomic E-state index is 0.889. The molecule has 10 aromatic carbocycles. The van der Waals surface area contributed by atoms with Crippen LogP contribution in [0, 0.1) is 0 Å². The van der Waals surface area contributed by atoms with E-state index in [0.29, 0.717) is 0 Å². The minimum Gasteiger partial charge on any atom is -0.455 e. The van der Waals surface area contributed by atoms with Crippen molar-refractivity contribution < 1.29 is 4.42 Å². The summed E-state index contributed by atoms with van der Waals surface area (Å²) in [6.07, 6.45) is 0. The average Bonchev–Trinajstić information content (AvgIpc) is 3.91. The van der Waals surface area contributed by atoms with Gasteiger partial charge in [0.05, 0.1) is 22.4 Å². The predicted molar refractivity (Wildman–Crippen MR) is 264 cm³/mol. The number of benzene rings is 10. The zero-order valence-corrected chi connectivity index (χ0v) is 34.4. The maximum atomic E-state index is 6.60. The highest BCUT2D eigenvalue weighted by molar-refractivity contribution is 6.11. The average molecular weight is 805 g/mol. The number of para-hydroxylation sites is 6. The van der Waals surface area contributed by atoms with Gasteiger partial charge < -0.3 is 13.9 Å². The summed E-state index contributed by atoms with van der Waals surface area (Å²) < 4.78 is 9.01. The molecule has 2 heterocycles. The molecule has 3 nitrogen and oxygen atoms in total. The molecule has 0 N–H and O–H groups in total. The Kier molecular flexibility index (Phi) is 8.83. The number of nitrogens with zero attached hydrogens (tertiary/aromatic N) is 2. The summed E-state index contributed by atoms with van der Waals surface area (Å²) in [5.74, 6) is 0. The monoisotopic (exact) mass is 804 g/mol. The second kappa shape index (κ2) is 15.3. The van der Waals surface area contributed by atoms with Crippen molar-refractivity contribution in [1.29, 1.82) is 0 Å². The standard InChI is InChI=1S/C60H40N2O/c1-2-16-41(17-3-1)45-18-14-19-47(40-45)61(56-28-10-7-23-51(56)53-25-15-26-54-52-24-8-13-31-59(52)63-60(53)54)46-38-36-43(37-39-46)42-32-34-44(35-33-42)48-20-4-9-27-55(48)62-57-29-11-5-21-49(57)50-22-6-12-30-58(50)62/h1-40H. The van der Waals surface area contributed by atoms with Crippen molar-refractivity contribution in [2.45, 2.75) is 0 Å². The van der Waals surface area contributed by atoms with E-state index in [-0.39, 0.29) is 0 Å². The number of hydrogen-bond donors (Lipinski definition) is 0. The number of hydrogen-bond acceptors (Lipinski definition) is 2. The SMILES string of the molecule is c1ccc(-c2cccc(N(c3ccc(-c4ccc(-c5ccccc5-n5c6ccccc6c6ccccc65)cc4)cc3)c3ccccc3-c3cccc4c3oc3ccccc34)c2)cc1. The summed E-state index contributed by atoms with van der Waals surface area (Å²) in [5, 5.41) is 4.75. The third kappa shape index (κ3) is 6.29. The summed E-state index contributed by atoms with van der Waals surface area (Å²) in [5.41, 5.74) is 17.7. The zero-order chi connectivity index (χ0) is 41.7. The van der Waals surface area contributed by atoms with Gasteiger partial charge in [0.1, 0.15) is 11.2 Å². The van der Waals surface area contributed by atoms with E-state index in [1.165, 1.54) is 44.2 Å². The number of aromatic nitrogens is 1. The van der Waals surface area contributed by atoms with E-state index in [9.17, 15) is 0 Å². The van der Waals surface area contributed by atoms with E-state index in [1.807, 2.05) is 12.1 Å². The lowest BCUT2D eigenvalue weighted by atomic mass is 9.97. The van der Waals surface area contributed by atoms with Crippen LogP contribution in [-0.4, -0.2) is 4.57 Å². The topological polar surface area (TPSA) is 21.3 Å². The van der Waals surface area contributed by atoms with Crippen LogP contribution in [0.1, 0.15) is 0 Å². The molecule has 0 fully saturated rings. The van der Waals surface area contributed by atoms with E-state index >= 15 is 0 Å².